The smallest absolute Gasteiger partial charge is 0.167 e. The van der Waals surface area contributed by atoms with Crippen LogP contribution in [0, 0.1) is 0 Å². The Kier molecular flexibility index (Phi) is 4.70. The summed E-state index contributed by atoms with van der Waals surface area (Å²) >= 11 is 1.62. The molecule has 0 aliphatic carbocycles. The van der Waals surface area contributed by atoms with Gasteiger partial charge in [0, 0.05) is 5.70 Å². The number of unbranched alkanes of at least 4 members (excludes halogenated alkanes) is 1. The van der Waals surface area contributed by atoms with E-state index in [0.717, 1.165) is 17.0 Å². The fraction of sp³-hybridized carbons (Fsp3) is 0.438. The molecule has 102 valence electrons. The second-order valence-corrected chi connectivity index (χ2v) is 6.11. The number of hydrogen-bond donors (Lipinski definition) is 1. The molecule has 3 heteroatoms. The van der Waals surface area contributed by atoms with Gasteiger partial charge in [0.15, 0.2) is 5.78 Å². The maximum absolute atomic E-state index is 11.5. The standard InChI is InChI=1S/C16H21NOS/c1-4-5-6-13-7-9-14(10-8-13)16-17-11(2)15(19-16)12(3)18/h7-10,16-17H,4-6H2,1-3H3. The molecule has 0 fully saturated rings. The van der Waals surface area contributed by atoms with Crippen molar-refractivity contribution in [1.29, 1.82) is 0 Å². The zero-order chi connectivity index (χ0) is 13.8. The number of Topliss-reactive ketones (excluding diaryl/α,β-unsaturated/α-hetero) is 1. The van der Waals surface area contributed by atoms with Crippen molar-refractivity contribution in [1.82, 2.24) is 5.32 Å². The van der Waals surface area contributed by atoms with Crippen LogP contribution >= 0.6 is 11.8 Å². The van der Waals surface area contributed by atoms with Crippen molar-refractivity contribution >= 4 is 17.5 Å². The molecule has 1 aliphatic heterocycles. The molecule has 1 heterocycles. The van der Waals surface area contributed by atoms with Gasteiger partial charge in [-0.25, -0.2) is 0 Å². The van der Waals surface area contributed by atoms with Crippen LogP contribution in [-0.4, -0.2) is 5.78 Å². The molecule has 1 atom stereocenters. The van der Waals surface area contributed by atoms with Crippen LogP contribution in [0.1, 0.15) is 50.1 Å². The lowest BCUT2D eigenvalue weighted by Crippen LogP contribution is -2.11. The van der Waals surface area contributed by atoms with Gasteiger partial charge in [0.1, 0.15) is 5.37 Å². The molecule has 0 spiro atoms. The van der Waals surface area contributed by atoms with Crippen LogP contribution in [0.4, 0.5) is 0 Å². The molecule has 1 unspecified atom stereocenters. The molecule has 1 aromatic carbocycles. The minimum absolute atomic E-state index is 0.150. The second-order valence-electron chi connectivity index (χ2n) is 5.00. The van der Waals surface area contributed by atoms with Crippen molar-refractivity contribution in [2.24, 2.45) is 0 Å². The minimum Gasteiger partial charge on any atom is -0.372 e. The molecule has 1 N–H and O–H groups in total. The summed E-state index contributed by atoms with van der Waals surface area (Å²) in [6, 6.07) is 8.75. The molecule has 0 saturated carbocycles. The first kappa shape index (κ1) is 14.2. The lowest BCUT2D eigenvalue weighted by Gasteiger charge is -2.12. The summed E-state index contributed by atoms with van der Waals surface area (Å²) in [5.41, 5.74) is 3.63. The molecular weight excluding hydrogens is 254 g/mol. The van der Waals surface area contributed by atoms with E-state index in [2.05, 4.69) is 36.5 Å². The Morgan fingerprint density at radius 2 is 2.00 bits per heavy atom. The Bertz CT molecular complexity index is 490. The first-order chi connectivity index (χ1) is 9.11. The number of aryl methyl sites for hydroxylation is 1. The molecule has 2 nitrogen and oxygen atoms in total. The lowest BCUT2D eigenvalue weighted by atomic mass is 10.1. The Morgan fingerprint density at radius 3 is 2.53 bits per heavy atom. The van der Waals surface area contributed by atoms with E-state index in [1.807, 2.05) is 6.92 Å². The van der Waals surface area contributed by atoms with E-state index in [4.69, 9.17) is 0 Å². The van der Waals surface area contributed by atoms with Crippen molar-refractivity contribution in [2.75, 3.05) is 0 Å². The summed E-state index contributed by atoms with van der Waals surface area (Å²) < 4.78 is 0. The second kappa shape index (κ2) is 6.29. The monoisotopic (exact) mass is 275 g/mol. The summed E-state index contributed by atoms with van der Waals surface area (Å²) in [6.07, 6.45) is 3.62. The Morgan fingerprint density at radius 1 is 1.32 bits per heavy atom. The third kappa shape index (κ3) is 3.41. The van der Waals surface area contributed by atoms with Crippen molar-refractivity contribution in [2.45, 2.75) is 45.4 Å². The van der Waals surface area contributed by atoms with Crippen molar-refractivity contribution < 1.29 is 4.79 Å². The number of rotatable bonds is 5. The van der Waals surface area contributed by atoms with E-state index in [1.165, 1.54) is 24.0 Å². The maximum atomic E-state index is 11.5. The largest absolute Gasteiger partial charge is 0.372 e. The van der Waals surface area contributed by atoms with Crippen LogP contribution in [0.25, 0.3) is 0 Å². The number of thioether (sulfide) groups is 1. The van der Waals surface area contributed by atoms with Crippen molar-refractivity contribution in [3.8, 4) is 0 Å². The topological polar surface area (TPSA) is 29.1 Å². The van der Waals surface area contributed by atoms with Crippen LogP contribution in [0.5, 0.6) is 0 Å². The highest BCUT2D eigenvalue weighted by molar-refractivity contribution is 8.04. The summed E-state index contributed by atoms with van der Waals surface area (Å²) in [7, 11) is 0. The number of allylic oxidation sites excluding steroid dienone is 2. The number of carbonyl (C=O) groups excluding carboxylic acids is 1. The predicted octanol–water partition coefficient (Wildman–Crippen LogP) is 4.18. The predicted molar refractivity (Wildman–Crippen MR) is 81.9 cm³/mol. The van der Waals surface area contributed by atoms with E-state index in [0.29, 0.717) is 0 Å². The van der Waals surface area contributed by atoms with Gasteiger partial charge in [-0.3, -0.25) is 4.79 Å². The number of carbonyl (C=O) groups is 1. The van der Waals surface area contributed by atoms with Crippen LogP contribution in [0.2, 0.25) is 0 Å². The normalized spacial score (nSPS) is 18.6. The average Bonchev–Trinajstić information content (AvgIpc) is 2.79. The molecule has 0 amide bonds. The third-order valence-electron chi connectivity index (χ3n) is 3.35. The molecular formula is C16H21NOS. The summed E-state index contributed by atoms with van der Waals surface area (Å²) in [6.45, 7) is 5.81. The molecule has 0 bridgehead atoms. The summed E-state index contributed by atoms with van der Waals surface area (Å²) in [4.78, 5) is 12.3. The lowest BCUT2D eigenvalue weighted by molar-refractivity contribution is -0.113. The highest BCUT2D eigenvalue weighted by atomic mass is 32.2. The van der Waals surface area contributed by atoms with Gasteiger partial charge >= 0.3 is 0 Å². The zero-order valence-electron chi connectivity index (χ0n) is 11.8. The number of ketones is 1. The van der Waals surface area contributed by atoms with Gasteiger partial charge in [-0.1, -0.05) is 49.4 Å². The SMILES string of the molecule is CCCCc1ccc(C2NC(C)=C(C(C)=O)S2)cc1. The Balaban J connectivity index is 2.03. The Hall–Kier alpha value is -1.22. The molecule has 1 aliphatic rings. The first-order valence-electron chi connectivity index (χ1n) is 6.85. The summed E-state index contributed by atoms with van der Waals surface area (Å²) in [5, 5.41) is 3.57. The maximum Gasteiger partial charge on any atom is 0.167 e. The highest BCUT2D eigenvalue weighted by Gasteiger charge is 2.25. The Labute approximate surface area is 119 Å². The molecule has 2 rings (SSSR count). The summed E-state index contributed by atoms with van der Waals surface area (Å²) in [5.74, 6) is 0.150. The number of nitrogens with one attached hydrogen (secondary N) is 1. The van der Waals surface area contributed by atoms with Crippen LogP contribution in [-0.2, 0) is 11.2 Å². The van der Waals surface area contributed by atoms with Crippen molar-refractivity contribution in [3.05, 3.63) is 46.0 Å². The molecule has 1 aromatic rings. The average molecular weight is 275 g/mol. The quantitative estimate of drug-likeness (QED) is 0.874. The van der Waals surface area contributed by atoms with Gasteiger partial charge in [0.2, 0.25) is 0 Å². The van der Waals surface area contributed by atoms with Crippen molar-refractivity contribution in [3.63, 3.8) is 0 Å². The minimum atomic E-state index is 0.150. The van der Waals surface area contributed by atoms with Gasteiger partial charge in [-0.2, -0.15) is 0 Å². The van der Waals surface area contributed by atoms with E-state index in [-0.39, 0.29) is 11.2 Å². The highest BCUT2D eigenvalue weighted by Crippen LogP contribution is 2.40. The van der Waals surface area contributed by atoms with E-state index in [9.17, 15) is 4.79 Å². The first-order valence-corrected chi connectivity index (χ1v) is 7.73. The fourth-order valence-electron chi connectivity index (χ4n) is 2.24. The van der Waals surface area contributed by atoms with Crippen LogP contribution in [0.3, 0.4) is 0 Å². The molecule has 0 aromatic heterocycles. The third-order valence-corrected chi connectivity index (χ3v) is 4.80. The van der Waals surface area contributed by atoms with E-state index in [1.54, 1.807) is 18.7 Å². The number of hydrogen-bond acceptors (Lipinski definition) is 3. The molecule has 19 heavy (non-hydrogen) atoms. The van der Waals surface area contributed by atoms with Gasteiger partial charge in [-0.15, -0.1) is 0 Å². The number of benzene rings is 1. The van der Waals surface area contributed by atoms with Gasteiger partial charge in [0.05, 0.1) is 4.91 Å². The zero-order valence-corrected chi connectivity index (χ0v) is 12.6. The van der Waals surface area contributed by atoms with Crippen LogP contribution < -0.4 is 5.32 Å². The van der Waals surface area contributed by atoms with Gasteiger partial charge in [-0.05, 0) is 37.8 Å². The molecule has 0 saturated heterocycles. The van der Waals surface area contributed by atoms with Crippen LogP contribution in [0.15, 0.2) is 34.9 Å². The molecule has 0 radical (unpaired) electrons. The van der Waals surface area contributed by atoms with Gasteiger partial charge < -0.3 is 5.32 Å². The van der Waals surface area contributed by atoms with E-state index >= 15 is 0 Å². The fourth-order valence-corrected chi connectivity index (χ4v) is 3.40. The van der Waals surface area contributed by atoms with Gasteiger partial charge in [0.25, 0.3) is 0 Å². The van der Waals surface area contributed by atoms with E-state index < -0.39 is 0 Å².